The summed E-state index contributed by atoms with van der Waals surface area (Å²) in [7, 11) is 3.85. The van der Waals surface area contributed by atoms with Crippen LogP contribution >= 0.6 is 0 Å². The van der Waals surface area contributed by atoms with Crippen molar-refractivity contribution in [1.82, 2.24) is 0 Å². The van der Waals surface area contributed by atoms with Crippen LogP contribution in [0, 0.1) is 0 Å². The molecule has 0 aromatic carbocycles. The number of carbonyl (C=O) groups is 1. The van der Waals surface area contributed by atoms with Gasteiger partial charge in [-0.1, -0.05) is 6.92 Å². The van der Waals surface area contributed by atoms with Crippen molar-refractivity contribution in [3.63, 3.8) is 0 Å². The Hall–Kier alpha value is -0.480. The van der Waals surface area contributed by atoms with Crippen molar-refractivity contribution in [2.75, 3.05) is 14.1 Å². The molecule has 0 heterocycles. The van der Waals surface area contributed by atoms with Crippen LogP contribution < -0.4 is 23.0 Å². The first-order valence-corrected chi connectivity index (χ1v) is 3.71. The molecule has 0 saturated heterocycles. The first-order valence-electron chi connectivity index (χ1n) is 3.71. The molecule has 0 aromatic rings. The fraction of sp³-hybridized carbons (Fsp3) is 0.857. The summed E-state index contributed by atoms with van der Waals surface area (Å²) in [5, 5.41) is 0. The van der Waals surface area contributed by atoms with Crippen molar-refractivity contribution in [3.8, 4) is 0 Å². The van der Waals surface area contributed by atoms with Gasteiger partial charge in [0.15, 0.2) is 0 Å². The van der Waals surface area contributed by atoms with Crippen LogP contribution in [0.4, 0.5) is 4.79 Å². The van der Waals surface area contributed by atoms with Crippen LogP contribution in [-0.4, -0.2) is 25.9 Å². The lowest BCUT2D eigenvalue weighted by Crippen LogP contribution is -3.15. The summed E-state index contributed by atoms with van der Waals surface area (Å²) >= 11 is 0. The highest BCUT2D eigenvalue weighted by molar-refractivity contribution is 5.64. The van der Waals surface area contributed by atoms with Gasteiger partial charge in [0, 0.05) is 13.3 Å². The van der Waals surface area contributed by atoms with E-state index in [4.69, 9.17) is 10.5 Å². The van der Waals surface area contributed by atoms with E-state index >= 15 is 0 Å². The molecule has 1 atom stereocenters. The van der Waals surface area contributed by atoms with Gasteiger partial charge in [0.2, 0.25) is 5.72 Å². The van der Waals surface area contributed by atoms with E-state index in [1.807, 2.05) is 27.9 Å². The Labute approximate surface area is 79.5 Å². The summed E-state index contributed by atoms with van der Waals surface area (Å²) in [4.78, 5) is 11.5. The minimum absolute atomic E-state index is 0. The predicted octanol–water partition coefficient (Wildman–Crippen LogP) is -3.64. The Bertz CT molecular complexity index is 152. The molecule has 12 heavy (non-hydrogen) atoms. The molecule has 0 bridgehead atoms. The molecule has 0 radical (unpaired) electrons. The van der Waals surface area contributed by atoms with Crippen LogP contribution in [0.3, 0.4) is 0 Å². The third-order valence-corrected chi connectivity index (χ3v) is 2.06. The maximum Gasteiger partial charge on any atom is 0.409 e. The average Bonchev–Trinajstić information content (AvgIpc) is 1.86. The van der Waals surface area contributed by atoms with E-state index in [0.29, 0.717) is 0 Å². The number of halogens is 1. The highest BCUT2D eigenvalue weighted by Crippen LogP contribution is 2.04. The summed E-state index contributed by atoms with van der Waals surface area (Å²) in [6.45, 7) is 3.81. The fourth-order valence-corrected chi connectivity index (χ4v) is 0.750. The van der Waals surface area contributed by atoms with Crippen molar-refractivity contribution in [2.45, 2.75) is 26.0 Å². The number of quaternary nitrogens is 1. The predicted molar refractivity (Wildman–Crippen MR) is 42.2 cm³/mol. The lowest BCUT2D eigenvalue weighted by molar-refractivity contribution is -0.938. The van der Waals surface area contributed by atoms with E-state index in [0.717, 1.165) is 11.3 Å². The molecule has 0 aliphatic carbocycles. The quantitative estimate of drug-likeness (QED) is 0.458. The molecular weight excluding hydrogens is 180 g/mol. The van der Waals surface area contributed by atoms with Gasteiger partial charge in [0.1, 0.15) is 0 Å². The van der Waals surface area contributed by atoms with Gasteiger partial charge in [-0.05, 0) is 0 Å². The Balaban J connectivity index is 0. The molecule has 4 nitrogen and oxygen atoms in total. The monoisotopic (exact) mass is 196 g/mol. The molecule has 3 N–H and O–H groups in total. The standard InChI is InChI=1S/C7H16N2O2.ClH/c1-5-7(2,9(3)4)11-6(8)10;/h5H2,1-4H3,(H2,8,10);1H/t7-;/m0./s1. The minimum atomic E-state index is -0.712. The number of rotatable bonds is 3. The van der Waals surface area contributed by atoms with Crippen molar-refractivity contribution >= 4 is 6.09 Å². The smallest absolute Gasteiger partial charge is 0.409 e. The molecule has 0 rings (SSSR count). The van der Waals surface area contributed by atoms with Gasteiger partial charge in [0.25, 0.3) is 0 Å². The van der Waals surface area contributed by atoms with Gasteiger partial charge in [-0.15, -0.1) is 0 Å². The van der Waals surface area contributed by atoms with E-state index in [1.54, 1.807) is 0 Å². The summed E-state index contributed by atoms with van der Waals surface area (Å²) in [6, 6.07) is 0. The third kappa shape index (κ3) is 3.78. The Morgan fingerprint density at radius 2 is 2.00 bits per heavy atom. The van der Waals surface area contributed by atoms with E-state index in [-0.39, 0.29) is 12.4 Å². The Kier molecular flexibility index (Phi) is 6.11. The fourth-order valence-electron chi connectivity index (χ4n) is 0.750. The first kappa shape index (κ1) is 14.1. The molecule has 0 unspecified atom stereocenters. The summed E-state index contributed by atoms with van der Waals surface area (Å²) in [5.74, 6) is 0. The van der Waals surface area contributed by atoms with E-state index < -0.39 is 11.8 Å². The molecule has 0 fully saturated rings. The molecule has 5 heteroatoms. The molecule has 0 aliphatic rings. The van der Waals surface area contributed by atoms with Gasteiger partial charge in [-0.3, -0.25) is 0 Å². The molecule has 0 saturated carbocycles. The van der Waals surface area contributed by atoms with E-state index in [9.17, 15) is 4.79 Å². The van der Waals surface area contributed by atoms with Crippen molar-refractivity contribution in [1.29, 1.82) is 0 Å². The summed E-state index contributed by atoms with van der Waals surface area (Å²) in [5.41, 5.74) is 4.42. The number of hydrogen-bond acceptors (Lipinski definition) is 2. The maximum atomic E-state index is 10.5. The van der Waals surface area contributed by atoms with Gasteiger partial charge in [-0.2, -0.15) is 0 Å². The molecule has 0 aliphatic heterocycles. The first-order chi connectivity index (χ1) is 4.92. The van der Waals surface area contributed by atoms with Gasteiger partial charge in [-0.25, -0.2) is 4.79 Å². The molecule has 74 valence electrons. The van der Waals surface area contributed by atoms with Gasteiger partial charge < -0.3 is 27.8 Å². The SMILES string of the molecule is CC[C@](C)(OC(N)=O)[NH+](C)C.[Cl-]. The number of ether oxygens (including phenoxy) is 1. The van der Waals surface area contributed by atoms with Gasteiger partial charge in [0.05, 0.1) is 14.1 Å². The molecule has 0 aromatic heterocycles. The zero-order valence-electron chi connectivity index (χ0n) is 7.98. The van der Waals surface area contributed by atoms with Crippen molar-refractivity contribution in [2.24, 2.45) is 5.73 Å². The van der Waals surface area contributed by atoms with Crippen LogP contribution in [0.15, 0.2) is 0 Å². The molecule has 0 spiro atoms. The highest BCUT2D eigenvalue weighted by Gasteiger charge is 2.32. The number of primary amides is 1. The summed E-state index contributed by atoms with van der Waals surface area (Å²) < 4.78 is 4.95. The zero-order chi connectivity index (χ0) is 9.07. The highest BCUT2D eigenvalue weighted by atomic mass is 35.5. The second-order valence-electron chi connectivity index (χ2n) is 3.01. The van der Waals surface area contributed by atoms with Crippen LogP contribution in [-0.2, 0) is 4.74 Å². The van der Waals surface area contributed by atoms with E-state index in [1.165, 1.54) is 0 Å². The van der Waals surface area contributed by atoms with Crippen LogP contribution in [0.1, 0.15) is 20.3 Å². The van der Waals surface area contributed by atoms with Crippen LogP contribution in [0.2, 0.25) is 0 Å². The maximum absolute atomic E-state index is 10.5. The second-order valence-corrected chi connectivity index (χ2v) is 3.01. The van der Waals surface area contributed by atoms with Crippen LogP contribution in [0.25, 0.3) is 0 Å². The zero-order valence-corrected chi connectivity index (χ0v) is 8.73. The Morgan fingerprint density at radius 3 is 2.08 bits per heavy atom. The molecular formula is C7H17ClN2O2. The number of nitrogens with two attached hydrogens (primary N) is 1. The van der Waals surface area contributed by atoms with Crippen molar-refractivity contribution < 1.29 is 26.8 Å². The normalized spacial score (nSPS) is 14.8. The third-order valence-electron chi connectivity index (χ3n) is 2.06. The largest absolute Gasteiger partial charge is 1.00 e. The summed E-state index contributed by atoms with van der Waals surface area (Å²) in [6.07, 6.45) is 0.0358. The minimum Gasteiger partial charge on any atom is -1.00 e. The molecule has 1 amide bonds. The number of amides is 1. The van der Waals surface area contributed by atoms with Crippen LogP contribution in [0.5, 0.6) is 0 Å². The lowest BCUT2D eigenvalue weighted by atomic mass is 10.2. The van der Waals surface area contributed by atoms with Crippen molar-refractivity contribution in [3.05, 3.63) is 0 Å². The lowest BCUT2D eigenvalue weighted by Gasteiger charge is -2.30. The number of hydrogen-bond donors (Lipinski definition) is 2. The van der Waals surface area contributed by atoms with Gasteiger partial charge >= 0.3 is 6.09 Å². The number of nitrogens with one attached hydrogen (secondary N) is 1. The van der Waals surface area contributed by atoms with E-state index in [2.05, 4.69) is 0 Å². The average molecular weight is 197 g/mol. The second kappa shape index (κ2) is 5.22. The Morgan fingerprint density at radius 1 is 1.58 bits per heavy atom. The topological polar surface area (TPSA) is 56.8 Å². The number of carbonyl (C=O) groups excluding carboxylic acids is 1.